The lowest BCUT2D eigenvalue weighted by atomic mass is 10.1. The van der Waals surface area contributed by atoms with Crippen molar-refractivity contribution >= 4 is 15.7 Å². The van der Waals surface area contributed by atoms with Crippen LogP contribution < -0.4 is 14.2 Å². The molecular formula is C20H26N4O5S. The minimum absolute atomic E-state index is 0.0363. The maximum atomic E-state index is 12.9. The number of methoxy groups -OCH3 is 1. The van der Waals surface area contributed by atoms with Crippen molar-refractivity contribution in [3.63, 3.8) is 0 Å². The van der Waals surface area contributed by atoms with Gasteiger partial charge in [0.25, 0.3) is 10.0 Å². The quantitative estimate of drug-likeness (QED) is 0.729. The molecule has 162 valence electrons. The van der Waals surface area contributed by atoms with Crippen molar-refractivity contribution in [2.45, 2.75) is 30.3 Å². The molecule has 0 saturated carbocycles. The fraction of sp³-hybridized carbons (Fsp3) is 0.500. The molecular weight excluding hydrogens is 408 g/mol. The van der Waals surface area contributed by atoms with E-state index in [0.29, 0.717) is 24.8 Å². The van der Waals surface area contributed by atoms with Gasteiger partial charge in [-0.25, -0.2) is 18.4 Å². The molecule has 30 heavy (non-hydrogen) atoms. The Hall–Kier alpha value is -2.43. The Kier molecular flexibility index (Phi) is 6.07. The first-order valence-electron chi connectivity index (χ1n) is 9.93. The van der Waals surface area contributed by atoms with Crippen LogP contribution in [0.5, 0.6) is 11.8 Å². The van der Waals surface area contributed by atoms with E-state index >= 15 is 0 Å². The normalized spacial score (nSPS) is 19.7. The van der Waals surface area contributed by atoms with Crippen LogP contribution in [0.15, 0.2) is 29.3 Å². The number of aromatic nitrogens is 2. The minimum Gasteiger partial charge on any atom is -0.479 e. The van der Waals surface area contributed by atoms with Crippen LogP contribution in [0.2, 0.25) is 0 Å². The van der Waals surface area contributed by atoms with Crippen molar-refractivity contribution < 1.29 is 22.6 Å². The first kappa shape index (κ1) is 20.8. The van der Waals surface area contributed by atoms with Crippen LogP contribution in [0.1, 0.15) is 17.7 Å². The van der Waals surface area contributed by atoms with Gasteiger partial charge in [-0.2, -0.15) is 0 Å². The lowest BCUT2D eigenvalue weighted by molar-refractivity contribution is 0.138. The zero-order chi connectivity index (χ0) is 21.1. The van der Waals surface area contributed by atoms with Gasteiger partial charge in [-0.3, -0.25) is 4.72 Å². The van der Waals surface area contributed by atoms with E-state index in [9.17, 15) is 8.42 Å². The van der Waals surface area contributed by atoms with Crippen LogP contribution in [0.25, 0.3) is 0 Å². The first-order valence-corrected chi connectivity index (χ1v) is 11.4. The number of sulfonamides is 1. The topological polar surface area (TPSA) is 103 Å². The monoisotopic (exact) mass is 434 g/mol. The molecule has 0 amide bonds. The number of nitrogens with one attached hydrogen (secondary N) is 1. The number of hydrogen-bond donors (Lipinski definition) is 1. The SMILES string of the molecule is COc1nc2c(cc1NS(=O)(=O)c1ccc(OC3CCOC3)nc1)CCN(C)CC2. The Morgan fingerprint density at radius 2 is 2.10 bits per heavy atom. The van der Waals surface area contributed by atoms with E-state index in [1.165, 1.54) is 19.4 Å². The zero-order valence-corrected chi connectivity index (χ0v) is 17.9. The molecule has 4 rings (SSSR count). The van der Waals surface area contributed by atoms with E-state index in [1.807, 2.05) is 6.07 Å². The number of rotatable bonds is 6. The fourth-order valence-corrected chi connectivity index (χ4v) is 4.52. The summed E-state index contributed by atoms with van der Waals surface area (Å²) in [7, 11) is -0.315. The summed E-state index contributed by atoms with van der Waals surface area (Å²) >= 11 is 0. The maximum Gasteiger partial charge on any atom is 0.263 e. The number of nitrogens with zero attached hydrogens (tertiary/aromatic N) is 3. The van der Waals surface area contributed by atoms with E-state index < -0.39 is 10.0 Å². The minimum atomic E-state index is -3.86. The van der Waals surface area contributed by atoms with Gasteiger partial charge in [0.05, 0.1) is 26.5 Å². The highest BCUT2D eigenvalue weighted by Crippen LogP contribution is 2.29. The third kappa shape index (κ3) is 4.66. The molecule has 1 atom stereocenters. The molecule has 1 fully saturated rings. The van der Waals surface area contributed by atoms with Crippen molar-refractivity contribution in [3.8, 4) is 11.8 Å². The number of fused-ring (bicyclic) bond motifs is 1. The van der Waals surface area contributed by atoms with Gasteiger partial charge in [0.2, 0.25) is 11.8 Å². The molecule has 2 aliphatic rings. The van der Waals surface area contributed by atoms with Crippen molar-refractivity contribution in [2.24, 2.45) is 0 Å². The molecule has 2 aromatic rings. The van der Waals surface area contributed by atoms with E-state index in [0.717, 1.165) is 43.6 Å². The highest BCUT2D eigenvalue weighted by Gasteiger charge is 2.22. The van der Waals surface area contributed by atoms with Gasteiger partial charge in [-0.1, -0.05) is 0 Å². The molecule has 0 spiro atoms. The number of pyridine rings is 2. The highest BCUT2D eigenvalue weighted by atomic mass is 32.2. The van der Waals surface area contributed by atoms with Crippen molar-refractivity contribution in [1.82, 2.24) is 14.9 Å². The lowest BCUT2D eigenvalue weighted by Crippen LogP contribution is -2.20. The van der Waals surface area contributed by atoms with Crippen LogP contribution >= 0.6 is 0 Å². The van der Waals surface area contributed by atoms with Crippen LogP contribution in [0.4, 0.5) is 5.69 Å². The third-order valence-electron chi connectivity index (χ3n) is 5.28. The summed E-state index contributed by atoms with van der Waals surface area (Å²) < 4.78 is 44.7. The largest absolute Gasteiger partial charge is 0.479 e. The molecule has 0 bridgehead atoms. The molecule has 9 nitrogen and oxygen atoms in total. The molecule has 1 saturated heterocycles. The average molecular weight is 435 g/mol. The number of likely N-dealkylation sites (N-methyl/N-ethyl adjacent to an activating group) is 1. The maximum absolute atomic E-state index is 12.9. The van der Waals surface area contributed by atoms with Gasteiger partial charge in [0.1, 0.15) is 16.7 Å². The van der Waals surface area contributed by atoms with Gasteiger partial charge in [0, 0.05) is 37.7 Å². The summed E-state index contributed by atoms with van der Waals surface area (Å²) in [6.07, 6.45) is 3.63. The molecule has 0 aliphatic carbocycles. The van der Waals surface area contributed by atoms with Crippen LogP contribution in [0.3, 0.4) is 0 Å². The summed E-state index contributed by atoms with van der Waals surface area (Å²) in [6.45, 7) is 2.98. The second-order valence-electron chi connectivity index (χ2n) is 7.50. The number of ether oxygens (including phenoxy) is 3. The van der Waals surface area contributed by atoms with E-state index in [4.69, 9.17) is 14.2 Å². The standard InChI is InChI=1S/C20H26N4O5S/c1-24-8-5-14-11-18(20(27-2)22-17(14)6-9-24)23-30(25,26)16-3-4-19(21-12-16)29-15-7-10-28-13-15/h3-4,11-12,15,23H,5-10,13H2,1-2H3. The highest BCUT2D eigenvalue weighted by molar-refractivity contribution is 7.92. The van der Waals surface area contributed by atoms with Crippen LogP contribution in [0, 0.1) is 0 Å². The van der Waals surface area contributed by atoms with E-state index in [2.05, 4.69) is 26.6 Å². The van der Waals surface area contributed by atoms with Crippen LogP contribution in [-0.2, 0) is 27.6 Å². The molecule has 0 aromatic carbocycles. The van der Waals surface area contributed by atoms with Crippen molar-refractivity contribution in [3.05, 3.63) is 35.7 Å². The summed E-state index contributed by atoms with van der Waals surface area (Å²) in [5.41, 5.74) is 2.29. The summed E-state index contributed by atoms with van der Waals surface area (Å²) in [6, 6.07) is 4.84. The van der Waals surface area contributed by atoms with Gasteiger partial charge in [-0.05, 0) is 31.2 Å². The summed E-state index contributed by atoms with van der Waals surface area (Å²) in [5, 5.41) is 0. The average Bonchev–Trinajstić information content (AvgIpc) is 3.17. The summed E-state index contributed by atoms with van der Waals surface area (Å²) in [5.74, 6) is 0.633. The second-order valence-corrected chi connectivity index (χ2v) is 9.18. The molecule has 1 N–H and O–H groups in total. The Labute approximate surface area is 176 Å². The van der Waals surface area contributed by atoms with Gasteiger partial charge in [0.15, 0.2) is 0 Å². The fourth-order valence-electron chi connectivity index (χ4n) is 3.53. The van der Waals surface area contributed by atoms with E-state index in [1.54, 1.807) is 6.07 Å². The Balaban J connectivity index is 1.54. The molecule has 2 aliphatic heterocycles. The van der Waals surface area contributed by atoms with Gasteiger partial charge < -0.3 is 19.1 Å². The Morgan fingerprint density at radius 3 is 2.80 bits per heavy atom. The Bertz CT molecular complexity index is 991. The Morgan fingerprint density at radius 1 is 1.27 bits per heavy atom. The van der Waals surface area contributed by atoms with Gasteiger partial charge in [-0.15, -0.1) is 0 Å². The molecule has 0 radical (unpaired) electrons. The smallest absolute Gasteiger partial charge is 0.263 e. The molecule has 2 aromatic heterocycles. The molecule has 4 heterocycles. The second kappa shape index (κ2) is 8.75. The zero-order valence-electron chi connectivity index (χ0n) is 17.1. The molecule has 1 unspecified atom stereocenters. The van der Waals surface area contributed by atoms with Crippen LogP contribution in [-0.4, -0.2) is 69.9 Å². The van der Waals surface area contributed by atoms with Crippen molar-refractivity contribution in [2.75, 3.05) is 45.2 Å². The summed E-state index contributed by atoms with van der Waals surface area (Å²) in [4.78, 5) is 10.9. The number of anilines is 1. The first-order chi connectivity index (χ1) is 14.4. The van der Waals surface area contributed by atoms with Gasteiger partial charge >= 0.3 is 0 Å². The van der Waals surface area contributed by atoms with E-state index in [-0.39, 0.29) is 16.9 Å². The number of hydrogen-bond acceptors (Lipinski definition) is 8. The van der Waals surface area contributed by atoms with Crippen molar-refractivity contribution in [1.29, 1.82) is 0 Å². The predicted molar refractivity (Wildman–Crippen MR) is 111 cm³/mol. The third-order valence-corrected chi connectivity index (χ3v) is 6.63. The lowest BCUT2D eigenvalue weighted by Gasteiger charge is -2.15. The molecule has 10 heteroatoms. The predicted octanol–water partition coefficient (Wildman–Crippen LogP) is 1.48.